The highest BCUT2D eigenvalue weighted by atomic mass is 16.6. The molecule has 1 unspecified atom stereocenters. The lowest BCUT2D eigenvalue weighted by Crippen LogP contribution is -2.49. The molecular formula is C29H30N4O4. The first-order chi connectivity index (χ1) is 17.8. The van der Waals surface area contributed by atoms with Crippen molar-refractivity contribution >= 4 is 6.09 Å². The molecule has 2 aromatic heterocycles. The van der Waals surface area contributed by atoms with E-state index in [2.05, 4.69) is 10.2 Å². The van der Waals surface area contributed by atoms with Crippen molar-refractivity contribution < 1.29 is 13.9 Å². The molecule has 2 atom stereocenters. The van der Waals surface area contributed by atoms with Crippen molar-refractivity contribution in [3.63, 3.8) is 0 Å². The van der Waals surface area contributed by atoms with Crippen LogP contribution in [-0.2, 0) is 23.8 Å². The van der Waals surface area contributed by atoms with Crippen LogP contribution in [0.1, 0.15) is 48.7 Å². The summed E-state index contributed by atoms with van der Waals surface area (Å²) < 4.78 is 13.3. The Morgan fingerprint density at radius 3 is 2.41 bits per heavy atom. The van der Waals surface area contributed by atoms with Gasteiger partial charge in [-0.2, -0.15) is 0 Å². The second-order valence-electron chi connectivity index (χ2n) is 9.55. The normalized spacial score (nSPS) is 18.5. The van der Waals surface area contributed by atoms with Gasteiger partial charge in [0.25, 0.3) is 5.56 Å². The molecule has 8 nitrogen and oxygen atoms in total. The SMILES string of the molecule is Cc1nnc(CCC2(c3ccccc3)CCN([C@@H](C)c3ccc(-c4ccn(C)c(=O)c4)cc3)C(=O)O2)o1. The first-order valence-corrected chi connectivity index (χ1v) is 12.5. The fourth-order valence-electron chi connectivity index (χ4n) is 4.90. The molecule has 5 rings (SSSR count). The van der Waals surface area contributed by atoms with E-state index in [-0.39, 0.29) is 17.7 Å². The van der Waals surface area contributed by atoms with Gasteiger partial charge in [0.05, 0.1) is 6.04 Å². The minimum absolute atomic E-state index is 0.0536. The largest absolute Gasteiger partial charge is 0.438 e. The van der Waals surface area contributed by atoms with E-state index in [1.807, 2.05) is 67.6 Å². The number of rotatable bonds is 7. The molecule has 0 saturated carbocycles. The number of aromatic nitrogens is 3. The van der Waals surface area contributed by atoms with Gasteiger partial charge in [-0.3, -0.25) is 4.79 Å². The van der Waals surface area contributed by atoms with Crippen LogP contribution in [0.15, 0.2) is 82.1 Å². The standard InChI is InChI=1S/C29H30N4O4/c1-20(22-9-11-23(12-10-22)24-14-17-32(3)27(34)19-24)33-18-16-29(37-28(33)35,25-7-5-4-6-8-25)15-13-26-31-30-21(2)36-26/h4-12,14,17,19-20H,13,15-16,18H2,1-3H3/t20-,29?/m0/s1. The predicted molar refractivity (Wildman–Crippen MR) is 139 cm³/mol. The first-order valence-electron chi connectivity index (χ1n) is 12.5. The zero-order valence-electron chi connectivity index (χ0n) is 21.3. The van der Waals surface area contributed by atoms with E-state index in [0.717, 1.165) is 22.3 Å². The molecule has 4 aromatic rings. The number of aryl methyl sites for hydroxylation is 3. The van der Waals surface area contributed by atoms with Gasteiger partial charge >= 0.3 is 6.09 Å². The number of ether oxygens (including phenoxy) is 1. The van der Waals surface area contributed by atoms with E-state index in [0.29, 0.717) is 37.6 Å². The summed E-state index contributed by atoms with van der Waals surface area (Å²) in [6.07, 6.45) is 3.13. The number of carbonyl (C=O) groups is 1. The maximum absolute atomic E-state index is 13.4. The molecule has 1 fully saturated rings. The number of amides is 1. The van der Waals surface area contributed by atoms with Crippen LogP contribution in [0.3, 0.4) is 0 Å². The second-order valence-corrected chi connectivity index (χ2v) is 9.55. The Morgan fingerprint density at radius 1 is 1.00 bits per heavy atom. The molecule has 8 heteroatoms. The average molecular weight is 499 g/mol. The number of pyridine rings is 1. The van der Waals surface area contributed by atoms with Crippen LogP contribution in [0.2, 0.25) is 0 Å². The predicted octanol–water partition coefficient (Wildman–Crippen LogP) is 5.18. The Bertz CT molecular complexity index is 1440. The number of benzene rings is 2. The Labute approximate surface area is 215 Å². The number of hydrogen-bond acceptors (Lipinski definition) is 6. The second kappa shape index (κ2) is 10.0. The van der Waals surface area contributed by atoms with Gasteiger partial charge in [-0.1, -0.05) is 54.6 Å². The maximum Gasteiger partial charge on any atom is 0.411 e. The monoisotopic (exact) mass is 498 g/mol. The molecule has 1 amide bonds. The minimum Gasteiger partial charge on any atom is -0.438 e. The Balaban J connectivity index is 1.33. The molecule has 0 bridgehead atoms. The highest BCUT2D eigenvalue weighted by Crippen LogP contribution is 2.40. The van der Waals surface area contributed by atoms with Crippen molar-refractivity contribution in [3.05, 3.63) is 106 Å². The van der Waals surface area contributed by atoms with E-state index < -0.39 is 5.60 Å². The summed E-state index contributed by atoms with van der Waals surface area (Å²) in [5.41, 5.74) is 2.96. The van der Waals surface area contributed by atoms with Gasteiger partial charge in [0, 0.05) is 52.0 Å². The quantitative estimate of drug-likeness (QED) is 0.349. The van der Waals surface area contributed by atoms with Crippen LogP contribution in [0.4, 0.5) is 4.79 Å². The molecule has 37 heavy (non-hydrogen) atoms. The van der Waals surface area contributed by atoms with Crippen LogP contribution in [-0.4, -0.2) is 32.3 Å². The van der Waals surface area contributed by atoms with Gasteiger partial charge in [0.2, 0.25) is 11.8 Å². The van der Waals surface area contributed by atoms with Gasteiger partial charge < -0.3 is 18.6 Å². The lowest BCUT2D eigenvalue weighted by molar-refractivity contribution is -0.0660. The van der Waals surface area contributed by atoms with Crippen molar-refractivity contribution in [1.82, 2.24) is 19.7 Å². The fraction of sp³-hybridized carbons (Fsp3) is 0.310. The summed E-state index contributed by atoms with van der Waals surface area (Å²) in [6, 6.07) is 21.2. The van der Waals surface area contributed by atoms with E-state index in [9.17, 15) is 9.59 Å². The number of nitrogens with zero attached hydrogens (tertiary/aromatic N) is 4. The van der Waals surface area contributed by atoms with E-state index in [1.54, 1.807) is 35.7 Å². The van der Waals surface area contributed by atoms with Crippen molar-refractivity contribution in [3.8, 4) is 11.1 Å². The van der Waals surface area contributed by atoms with Crippen molar-refractivity contribution in [1.29, 1.82) is 0 Å². The lowest BCUT2D eigenvalue weighted by atomic mass is 9.84. The first kappa shape index (κ1) is 24.5. The molecule has 190 valence electrons. The zero-order chi connectivity index (χ0) is 26.0. The van der Waals surface area contributed by atoms with Gasteiger partial charge in [0.1, 0.15) is 5.60 Å². The summed E-state index contributed by atoms with van der Waals surface area (Å²) in [5, 5.41) is 8.02. The molecule has 0 N–H and O–H groups in total. The van der Waals surface area contributed by atoms with Crippen LogP contribution in [0.5, 0.6) is 0 Å². The molecule has 1 aliphatic rings. The number of carbonyl (C=O) groups excluding carboxylic acids is 1. The summed E-state index contributed by atoms with van der Waals surface area (Å²) in [6.45, 7) is 4.32. The summed E-state index contributed by atoms with van der Waals surface area (Å²) in [7, 11) is 1.73. The topological polar surface area (TPSA) is 90.5 Å². The van der Waals surface area contributed by atoms with Crippen LogP contribution in [0, 0.1) is 6.92 Å². The van der Waals surface area contributed by atoms with Crippen LogP contribution in [0.25, 0.3) is 11.1 Å². The van der Waals surface area contributed by atoms with Gasteiger partial charge in [0.15, 0.2) is 0 Å². The van der Waals surface area contributed by atoms with Crippen molar-refractivity contribution in [2.75, 3.05) is 6.54 Å². The van der Waals surface area contributed by atoms with Gasteiger partial charge in [-0.15, -0.1) is 10.2 Å². The average Bonchev–Trinajstić information content (AvgIpc) is 3.34. The van der Waals surface area contributed by atoms with Crippen molar-refractivity contribution in [2.45, 2.75) is 44.8 Å². The van der Waals surface area contributed by atoms with Crippen LogP contribution < -0.4 is 5.56 Å². The third-order valence-corrected chi connectivity index (χ3v) is 7.18. The molecule has 1 saturated heterocycles. The van der Waals surface area contributed by atoms with Crippen LogP contribution >= 0.6 is 0 Å². The van der Waals surface area contributed by atoms with Crippen molar-refractivity contribution in [2.24, 2.45) is 7.05 Å². The Kier molecular flexibility index (Phi) is 6.65. The lowest BCUT2D eigenvalue weighted by Gasteiger charge is -2.43. The summed E-state index contributed by atoms with van der Waals surface area (Å²) >= 11 is 0. The van der Waals surface area contributed by atoms with E-state index in [4.69, 9.17) is 9.15 Å². The molecule has 0 aliphatic carbocycles. The Hall–Kier alpha value is -4.20. The highest BCUT2D eigenvalue weighted by Gasteiger charge is 2.43. The number of hydrogen-bond donors (Lipinski definition) is 0. The molecule has 0 radical (unpaired) electrons. The smallest absolute Gasteiger partial charge is 0.411 e. The van der Waals surface area contributed by atoms with Gasteiger partial charge in [-0.05, 0) is 35.2 Å². The van der Waals surface area contributed by atoms with E-state index in [1.165, 1.54) is 0 Å². The molecule has 0 spiro atoms. The molecule has 3 heterocycles. The number of cyclic esters (lactones) is 1. The van der Waals surface area contributed by atoms with E-state index >= 15 is 0 Å². The Morgan fingerprint density at radius 2 is 1.76 bits per heavy atom. The molecular weight excluding hydrogens is 468 g/mol. The summed E-state index contributed by atoms with van der Waals surface area (Å²) in [5.74, 6) is 1.06. The third-order valence-electron chi connectivity index (χ3n) is 7.18. The molecule has 1 aliphatic heterocycles. The summed E-state index contributed by atoms with van der Waals surface area (Å²) in [4.78, 5) is 27.2. The third kappa shape index (κ3) is 5.05. The minimum atomic E-state index is -0.764. The fourth-order valence-corrected chi connectivity index (χ4v) is 4.90. The zero-order valence-corrected chi connectivity index (χ0v) is 21.3. The molecule has 2 aromatic carbocycles. The van der Waals surface area contributed by atoms with Gasteiger partial charge in [-0.25, -0.2) is 4.79 Å². The highest BCUT2D eigenvalue weighted by molar-refractivity contribution is 5.70. The maximum atomic E-state index is 13.4.